The zero-order chi connectivity index (χ0) is 17.7. The van der Waals surface area contributed by atoms with Gasteiger partial charge in [0, 0.05) is 19.1 Å². The molecule has 2 fully saturated rings. The van der Waals surface area contributed by atoms with Crippen molar-refractivity contribution >= 4 is 5.57 Å². The molecule has 2 heteroatoms. The van der Waals surface area contributed by atoms with Crippen LogP contribution in [0.15, 0.2) is 49.0 Å². The van der Waals surface area contributed by atoms with Crippen molar-refractivity contribution in [2.45, 2.75) is 44.8 Å². The Kier molecular flexibility index (Phi) is 3.99. The van der Waals surface area contributed by atoms with E-state index in [9.17, 15) is 0 Å². The molecule has 2 atom stereocenters. The smallest absolute Gasteiger partial charge is 0.0628 e. The Labute approximate surface area is 157 Å². The van der Waals surface area contributed by atoms with Crippen LogP contribution in [0.1, 0.15) is 42.9 Å². The van der Waals surface area contributed by atoms with E-state index in [4.69, 9.17) is 0 Å². The first-order valence-corrected chi connectivity index (χ1v) is 10.1. The molecule has 2 heterocycles. The first kappa shape index (κ1) is 16.3. The molecule has 0 spiro atoms. The fraction of sp³-hybridized carbons (Fsp3) is 0.417. The van der Waals surface area contributed by atoms with Crippen molar-refractivity contribution in [3.8, 4) is 11.1 Å². The van der Waals surface area contributed by atoms with Crippen molar-refractivity contribution in [2.24, 2.45) is 0 Å². The Morgan fingerprint density at radius 1 is 1.00 bits per heavy atom. The molecule has 3 aliphatic rings. The number of fused-ring (bicyclic) bond motifs is 4. The van der Waals surface area contributed by atoms with E-state index in [1.54, 1.807) is 0 Å². The number of nitrogens with zero attached hydrogens (tertiary/aromatic N) is 2. The topological polar surface area (TPSA) is 6.48 Å². The van der Waals surface area contributed by atoms with E-state index in [2.05, 4.69) is 65.8 Å². The van der Waals surface area contributed by atoms with Gasteiger partial charge in [0.1, 0.15) is 0 Å². The second-order valence-corrected chi connectivity index (χ2v) is 8.16. The zero-order valence-corrected chi connectivity index (χ0v) is 15.7. The zero-order valence-electron chi connectivity index (χ0n) is 15.7. The van der Waals surface area contributed by atoms with Crippen molar-refractivity contribution in [2.75, 3.05) is 19.6 Å². The number of benzene rings is 2. The Hall–Kier alpha value is -1.90. The molecule has 0 aromatic heterocycles. The van der Waals surface area contributed by atoms with Crippen molar-refractivity contribution in [1.29, 1.82) is 0 Å². The quantitative estimate of drug-likeness (QED) is 0.674. The molecule has 134 valence electrons. The summed E-state index contributed by atoms with van der Waals surface area (Å²) in [5.74, 6) is 0. The largest absolute Gasteiger partial charge is 0.288 e. The Bertz CT molecular complexity index is 853. The fourth-order valence-electron chi connectivity index (χ4n) is 5.29. The highest BCUT2D eigenvalue weighted by molar-refractivity contribution is 5.80. The lowest BCUT2D eigenvalue weighted by Crippen LogP contribution is -2.53. The maximum absolute atomic E-state index is 4.53. The average molecular weight is 345 g/mol. The second kappa shape index (κ2) is 6.37. The molecule has 2 nitrogen and oxygen atoms in total. The van der Waals surface area contributed by atoms with Crippen LogP contribution in [0.4, 0.5) is 0 Å². The summed E-state index contributed by atoms with van der Waals surface area (Å²) in [6, 6.07) is 16.2. The van der Waals surface area contributed by atoms with Crippen LogP contribution in [0.2, 0.25) is 0 Å². The van der Waals surface area contributed by atoms with Gasteiger partial charge in [0.05, 0.1) is 6.17 Å². The van der Waals surface area contributed by atoms with Crippen LogP contribution < -0.4 is 0 Å². The van der Waals surface area contributed by atoms with Gasteiger partial charge in [-0.3, -0.25) is 9.80 Å². The molecule has 0 radical (unpaired) electrons. The van der Waals surface area contributed by atoms with Crippen LogP contribution in [0, 0.1) is 0 Å². The van der Waals surface area contributed by atoms with Gasteiger partial charge in [0.2, 0.25) is 0 Å². The van der Waals surface area contributed by atoms with Gasteiger partial charge in [-0.15, -0.1) is 0 Å². The van der Waals surface area contributed by atoms with E-state index >= 15 is 0 Å². The molecule has 0 amide bonds. The molecular weight excluding hydrogens is 316 g/mol. The summed E-state index contributed by atoms with van der Waals surface area (Å²) in [7, 11) is 0. The van der Waals surface area contributed by atoms with Crippen molar-refractivity contribution in [1.82, 2.24) is 9.80 Å². The number of hydrogen-bond donors (Lipinski definition) is 0. The molecular formula is C24H28N2. The molecule has 2 saturated heterocycles. The van der Waals surface area contributed by atoms with Gasteiger partial charge < -0.3 is 0 Å². The number of hydrogen-bond acceptors (Lipinski definition) is 2. The minimum absolute atomic E-state index is 0.405. The third-order valence-corrected chi connectivity index (χ3v) is 6.74. The Morgan fingerprint density at radius 3 is 2.73 bits per heavy atom. The van der Waals surface area contributed by atoms with E-state index < -0.39 is 0 Å². The van der Waals surface area contributed by atoms with Crippen LogP contribution in [-0.2, 0) is 6.42 Å². The summed E-state index contributed by atoms with van der Waals surface area (Å²) in [4.78, 5) is 5.37. The van der Waals surface area contributed by atoms with Gasteiger partial charge in [-0.25, -0.2) is 0 Å². The number of rotatable bonds is 3. The van der Waals surface area contributed by atoms with E-state index in [1.807, 2.05) is 0 Å². The van der Waals surface area contributed by atoms with E-state index in [-0.39, 0.29) is 0 Å². The van der Waals surface area contributed by atoms with E-state index in [0.717, 1.165) is 6.42 Å². The standard InChI is InChI=1S/C24H28N2/c1-17(18(2)26-14-6-13-25-12-5-9-24(25)26)19-10-11-23-21(15-19)16-20-7-3-4-8-22(20)23/h3-4,7-8,10-11,15,18,24H,1,5-6,9,12-14,16H2,2H3. The van der Waals surface area contributed by atoms with Crippen LogP contribution in [0.5, 0.6) is 0 Å². The molecule has 2 aliphatic heterocycles. The van der Waals surface area contributed by atoms with Crippen LogP contribution in [0.3, 0.4) is 0 Å². The lowest BCUT2D eigenvalue weighted by atomic mass is 9.95. The highest BCUT2D eigenvalue weighted by Crippen LogP contribution is 2.38. The monoisotopic (exact) mass is 344 g/mol. The van der Waals surface area contributed by atoms with E-state index in [1.165, 1.54) is 72.3 Å². The van der Waals surface area contributed by atoms with Crippen LogP contribution in [0.25, 0.3) is 16.7 Å². The first-order chi connectivity index (χ1) is 12.7. The minimum atomic E-state index is 0.405. The van der Waals surface area contributed by atoms with Crippen molar-refractivity contribution in [3.63, 3.8) is 0 Å². The molecule has 1 aliphatic carbocycles. The molecule has 0 N–H and O–H groups in total. The third kappa shape index (κ3) is 2.55. The molecule has 2 aromatic carbocycles. The minimum Gasteiger partial charge on any atom is -0.288 e. The van der Waals surface area contributed by atoms with Gasteiger partial charge in [0.25, 0.3) is 0 Å². The Balaban J connectivity index is 1.40. The SMILES string of the molecule is C=C(c1ccc2c(c1)Cc1ccccc1-2)C(C)N1CCCN2CCCC21. The summed E-state index contributed by atoms with van der Waals surface area (Å²) < 4.78 is 0. The molecule has 2 unspecified atom stereocenters. The summed E-state index contributed by atoms with van der Waals surface area (Å²) in [5, 5.41) is 0. The third-order valence-electron chi connectivity index (χ3n) is 6.74. The summed E-state index contributed by atoms with van der Waals surface area (Å²) >= 11 is 0. The van der Waals surface area contributed by atoms with Gasteiger partial charge in [-0.05, 0) is 72.5 Å². The summed E-state index contributed by atoms with van der Waals surface area (Å²) in [6.45, 7) is 10.6. The van der Waals surface area contributed by atoms with E-state index in [0.29, 0.717) is 12.2 Å². The highest BCUT2D eigenvalue weighted by Gasteiger charge is 2.36. The maximum atomic E-state index is 4.53. The predicted molar refractivity (Wildman–Crippen MR) is 109 cm³/mol. The van der Waals surface area contributed by atoms with Gasteiger partial charge >= 0.3 is 0 Å². The fourth-order valence-corrected chi connectivity index (χ4v) is 5.29. The summed E-state index contributed by atoms with van der Waals surface area (Å²) in [6.07, 6.45) is 5.64. The van der Waals surface area contributed by atoms with Crippen LogP contribution >= 0.6 is 0 Å². The highest BCUT2D eigenvalue weighted by atomic mass is 15.4. The molecule has 0 bridgehead atoms. The lowest BCUT2D eigenvalue weighted by Gasteiger charge is -2.44. The van der Waals surface area contributed by atoms with Crippen LogP contribution in [-0.4, -0.2) is 41.6 Å². The van der Waals surface area contributed by atoms with Gasteiger partial charge in [0.15, 0.2) is 0 Å². The van der Waals surface area contributed by atoms with Crippen molar-refractivity contribution in [3.05, 3.63) is 65.7 Å². The van der Waals surface area contributed by atoms with Crippen molar-refractivity contribution < 1.29 is 0 Å². The second-order valence-electron chi connectivity index (χ2n) is 8.16. The first-order valence-electron chi connectivity index (χ1n) is 10.1. The van der Waals surface area contributed by atoms with Gasteiger partial charge in [-0.2, -0.15) is 0 Å². The molecule has 2 aromatic rings. The Morgan fingerprint density at radius 2 is 1.81 bits per heavy atom. The molecule has 5 rings (SSSR count). The summed E-state index contributed by atoms with van der Waals surface area (Å²) in [5.41, 5.74) is 8.32. The normalized spacial score (nSPS) is 23.3. The van der Waals surface area contributed by atoms with Gasteiger partial charge in [-0.1, -0.05) is 49.0 Å². The maximum Gasteiger partial charge on any atom is 0.0628 e. The average Bonchev–Trinajstić information content (AvgIpc) is 3.30. The predicted octanol–water partition coefficient (Wildman–Crippen LogP) is 4.79. The molecule has 0 saturated carbocycles. The lowest BCUT2D eigenvalue weighted by molar-refractivity contribution is 0.0226. The molecule has 26 heavy (non-hydrogen) atoms.